The maximum absolute atomic E-state index is 13.3. The fraction of sp³-hybridized carbons (Fsp3) is 0.308. The number of benzene rings is 1. The molecule has 1 aromatic heterocycles. The van der Waals surface area contributed by atoms with Crippen LogP contribution in [-0.2, 0) is 13.1 Å². The Morgan fingerprint density at radius 1 is 1.35 bits per heavy atom. The number of halogens is 1. The summed E-state index contributed by atoms with van der Waals surface area (Å²) in [6.45, 7) is 5.26. The molecule has 3 nitrogen and oxygen atoms in total. The van der Waals surface area contributed by atoms with Gasteiger partial charge in [0.1, 0.15) is 5.82 Å². The summed E-state index contributed by atoms with van der Waals surface area (Å²) in [5.74, 6) is -0.186. The number of nitrogens with one attached hydrogen (secondary N) is 1. The zero-order chi connectivity index (χ0) is 12.3. The summed E-state index contributed by atoms with van der Waals surface area (Å²) >= 11 is 0. The SMILES string of the molecule is CCn1ccc(CNc2ccc(C)c(F)c2)n1. The van der Waals surface area contributed by atoms with Crippen molar-refractivity contribution in [2.45, 2.75) is 26.9 Å². The van der Waals surface area contributed by atoms with Gasteiger partial charge >= 0.3 is 0 Å². The Labute approximate surface area is 100 Å². The van der Waals surface area contributed by atoms with Crippen LogP contribution in [0.4, 0.5) is 10.1 Å². The average molecular weight is 233 g/mol. The van der Waals surface area contributed by atoms with E-state index in [1.54, 1.807) is 13.0 Å². The molecule has 0 saturated heterocycles. The number of aromatic nitrogens is 2. The smallest absolute Gasteiger partial charge is 0.128 e. The highest BCUT2D eigenvalue weighted by Crippen LogP contribution is 2.14. The Morgan fingerprint density at radius 3 is 2.82 bits per heavy atom. The zero-order valence-corrected chi connectivity index (χ0v) is 10.1. The van der Waals surface area contributed by atoms with Gasteiger partial charge in [-0.15, -0.1) is 0 Å². The molecule has 0 aliphatic carbocycles. The third kappa shape index (κ3) is 2.84. The van der Waals surface area contributed by atoms with Gasteiger partial charge in [-0.25, -0.2) is 4.39 Å². The van der Waals surface area contributed by atoms with Gasteiger partial charge in [0.2, 0.25) is 0 Å². The van der Waals surface area contributed by atoms with Gasteiger partial charge in [0.25, 0.3) is 0 Å². The molecule has 1 heterocycles. The molecule has 0 saturated carbocycles. The van der Waals surface area contributed by atoms with Gasteiger partial charge < -0.3 is 5.32 Å². The second-order valence-electron chi connectivity index (χ2n) is 3.98. The molecule has 1 aromatic carbocycles. The van der Waals surface area contributed by atoms with Crippen molar-refractivity contribution < 1.29 is 4.39 Å². The molecular formula is C13H16FN3. The molecule has 4 heteroatoms. The van der Waals surface area contributed by atoms with Gasteiger partial charge in [-0.05, 0) is 37.6 Å². The summed E-state index contributed by atoms with van der Waals surface area (Å²) in [6.07, 6.45) is 1.94. The lowest BCUT2D eigenvalue weighted by Gasteiger charge is -2.05. The predicted molar refractivity (Wildman–Crippen MR) is 66.4 cm³/mol. The number of hydrogen-bond donors (Lipinski definition) is 1. The Bertz CT molecular complexity index is 505. The first-order chi connectivity index (χ1) is 8.19. The van der Waals surface area contributed by atoms with E-state index in [0.29, 0.717) is 12.1 Å². The molecule has 1 N–H and O–H groups in total. The Balaban J connectivity index is 1.99. The van der Waals surface area contributed by atoms with Crippen molar-refractivity contribution >= 4 is 5.69 Å². The van der Waals surface area contributed by atoms with Crippen molar-refractivity contribution in [1.29, 1.82) is 0 Å². The molecule has 17 heavy (non-hydrogen) atoms. The first-order valence-corrected chi connectivity index (χ1v) is 5.71. The molecule has 2 aromatic rings. The highest BCUT2D eigenvalue weighted by molar-refractivity contribution is 5.45. The van der Waals surface area contributed by atoms with E-state index in [2.05, 4.69) is 10.4 Å². The minimum atomic E-state index is -0.186. The summed E-state index contributed by atoms with van der Waals surface area (Å²) in [7, 11) is 0. The van der Waals surface area contributed by atoms with E-state index >= 15 is 0 Å². The fourth-order valence-electron chi connectivity index (χ4n) is 1.57. The first kappa shape index (κ1) is 11.6. The average Bonchev–Trinajstić information content (AvgIpc) is 2.79. The monoisotopic (exact) mass is 233 g/mol. The predicted octanol–water partition coefficient (Wildman–Crippen LogP) is 2.96. The summed E-state index contributed by atoms with van der Waals surface area (Å²) in [4.78, 5) is 0. The van der Waals surface area contributed by atoms with Gasteiger partial charge in [-0.2, -0.15) is 5.10 Å². The quantitative estimate of drug-likeness (QED) is 0.879. The minimum Gasteiger partial charge on any atom is -0.379 e. The summed E-state index contributed by atoms with van der Waals surface area (Å²) in [5, 5.41) is 7.49. The van der Waals surface area contributed by atoms with Gasteiger partial charge in [-0.1, -0.05) is 6.07 Å². The normalized spacial score (nSPS) is 10.5. The van der Waals surface area contributed by atoms with Crippen LogP contribution >= 0.6 is 0 Å². The number of anilines is 1. The molecule has 0 atom stereocenters. The van der Waals surface area contributed by atoms with Crippen LogP contribution < -0.4 is 5.32 Å². The first-order valence-electron chi connectivity index (χ1n) is 5.71. The van der Waals surface area contributed by atoms with Gasteiger partial charge in [0.15, 0.2) is 0 Å². The highest BCUT2D eigenvalue weighted by Gasteiger charge is 2.01. The zero-order valence-electron chi connectivity index (χ0n) is 10.1. The fourth-order valence-corrected chi connectivity index (χ4v) is 1.57. The summed E-state index contributed by atoms with van der Waals surface area (Å²) in [6, 6.07) is 7.10. The van der Waals surface area contributed by atoms with Crippen LogP contribution in [0, 0.1) is 12.7 Å². The molecule has 0 aliphatic heterocycles. The third-order valence-corrected chi connectivity index (χ3v) is 2.67. The van der Waals surface area contributed by atoms with Crippen LogP contribution in [0.5, 0.6) is 0 Å². The Kier molecular flexibility index (Phi) is 3.42. The number of hydrogen-bond acceptors (Lipinski definition) is 2. The van der Waals surface area contributed by atoms with E-state index in [1.165, 1.54) is 6.07 Å². The lowest BCUT2D eigenvalue weighted by atomic mass is 10.2. The Hall–Kier alpha value is -1.84. The molecule has 0 unspecified atom stereocenters. The minimum absolute atomic E-state index is 0.186. The van der Waals surface area contributed by atoms with E-state index in [9.17, 15) is 4.39 Å². The highest BCUT2D eigenvalue weighted by atomic mass is 19.1. The van der Waals surface area contributed by atoms with Crippen molar-refractivity contribution in [3.8, 4) is 0 Å². The van der Waals surface area contributed by atoms with E-state index in [-0.39, 0.29) is 5.82 Å². The van der Waals surface area contributed by atoms with Crippen molar-refractivity contribution in [1.82, 2.24) is 9.78 Å². The lowest BCUT2D eigenvalue weighted by molar-refractivity contribution is 0.619. The van der Waals surface area contributed by atoms with Crippen molar-refractivity contribution in [2.24, 2.45) is 0 Å². The molecule has 0 radical (unpaired) electrons. The van der Waals surface area contributed by atoms with Crippen molar-refractivity contribution in [3.63, 3.8) is 0 Å². The van der Waals surface area contributed by atoms with Gasteiger partial charge in [-0.3, -0.25) is 4.68 Å². The molecule has 0 fully saturated rings. The van der Waals surface area contributed by atoms with Gasteiger partial charge in [0.05, 0.1) is 12.2 Å². The van der Waals surface area contributed by atoms with Crippen molar-refractivity contribution in [2.75, 3.05) is 5.32 Å². The van der Waals surface area contributed by atoms with E-state index in [1.807, 2.05) is 29.9 Å². The largest absolute Gasteiger partial charge is 0.379 e. The molecule has 2 rings (SSSR count). The van der Waals surface area contributed by atoms with Crippen molar-refractivity contribution in [3.05, 3.63) is 47.5 Å². The molecule has 90 valence electrons. The third-order valence-electron chi connectivity index (χ3n) is 2.67. The van der Waals surface area contributed by atoms with Crippen LogP contribution in [0.25, 0.3) is 0 Å². The lowest BCUT2D eigenvalue weighted by Crippen LogP contribution is -2.02. The summed E-state index contributed by atoms with van der Waals surface area (Å²) in [5.41, 5.74) is 2.39. The van der Waals surface area contributed by atoms with Crippen LogP contribution in [-0.4, -0.2) is 9.78 Å². The van der Waals surface area contributed by atoms with Crippen LogP contribution in [0.3, 0.4) is 0 Å². The molecule has 0 aliphatic rings. The maximum atomic E-state index is 13.3. The van der Waals surface area contributed by atoms with E-state index < -0.39 is 0 Å². The van der Waals surface area contributed by atoms with Crippen LogP contribution in [0.15, 0.2) is 30.5 Å². The van der Waals surface area contributed by atoms with E-state index in [0.717, 1.165) is 17.9 Å². The molecule has 0 amide bonds. The van der Waals surface area contributed by atoms with E-state index in [4.69, 9.17) is 0 Å². The standard InChI is InChI=1S/C13H16FN3/c1-3-17-7-6-12(16-17)9-15-11-5-4-10(2)13(14)8-11/h4-8,15H,3,9H2,1-2H3. The number of nitrogens with zero attached hydrogens (tertiary/aromatic N) is 2. The topological polar surface area (TPSA) is 29.9 Å². The Morgan fingerprint density at radius 2 is 2.18 bits per heavy atom. The maximum Gasteiger partial charge on any atom is 0.128 e. The molecule has 0 bridgehead atoms. The second-order valence-corrected chi connectivity index (χ2v) is 3.98. The van der Waals surface area contributed by atoms with Crippen LogP contribution in [0.2, 0.25) is 0 Å². The van der Waals surface area contributed by atoms with Gasteiger partial charge in [0, 0.05) is 18.4 Å². The molecular weight excluding hydrogens is 217 g/mol. The summed E-state index contributed by atoms with van der Waals surface area (Å²) < 4.78 is 15.2. The second kappa shape index (κ2) is 4.99. The van der Waals surface area contributed by atoms with Crippen LogP contribution in [0.1, 0.15) is 18.2 Å². The molecule has 0 spiro atoms. The number of rotatable bonds is 4. The number of aryl methyl sites for hydroxylation is 2.